The molecule has 0 radical (unpaired) electrons. The number of rotatable bonds is 8. The number of fused-ring (bicyclic) bond motifs is 1. The lowest BCUT2D eigenvalue weighted by Gasteiger charge is -2.15. The lowest BCUT2D eigenvalue weighted by Crippen LogP contribution is -2.24. The summed E-state index contributed by atoms with van der Waals surface area (Å²) in [5.41, 5.74) is 2.62. The van der Waals surface area contributed by atoms with Crippen molar-refractivity contribution in [3.8, 4) is 5.75 Å². The highest BCUT2D eigenvalue weighted by Crippen LogP contribution is 2.18. The smallest absolute Gasteiger partial charge is 0.159 e. The maximum absolute atomic E-state index is 11.3. The van der Waals surface area contributed by atoms with Gasteiger partial charge in [0.05, 0.1) is 17.6 Å². The highest BCUT2D eigenvalue weighted by Gasteiger charge is 2.14. The van der Waals surface area contributed by atoms with Crippen LogP contribution in [0.15, 0.2) is 48.5 Å². The van der Waals surface area contributed by atoms with Crippen molar-refractivity contribution in [2.24, 2.45) is 0 Å². The third-order valence-corrected chi connectivity index (χ3v) is 4.30. The van der Waals surface area contributed by atoms with E-state index in [9.17, 15) is 9.90 Å². The fraction of sp³-hybridized carbons (Fsp3) is 0.333. The summed E-state index contributed by atoms with van der Waals surface area (Å²) in [6.45, 7) is 4.26. The molecule has 136 valence electrons. The number of para-hydroxylation sites is 2. The molecule has 1 atom stereocenters. The van der Waals surface area contributed by atoms with Gasteiger partial charge in [-0.05, 0) is 49.7 Å². The molecule has 1 heterocycles. The average Bonchev–Trinajstić information content (AvgIpc) is 2.98. The van der Waals surface area contributed by atoms with Crippen molar-refractivity contribution in [2.45, 2.75) is 39.3 Å². The molecule has 1 aromatic heterocycles. The van der Waals surface area contributed by atoms with E-state index in [1.165, 1.54) is 6.92 Å². The summed E-state index contributed by atoms with van der Waals surface area (Å²) in [5.74, 6) is 1.64. The Balaban J connectivity index is 1.68. The van der Waals surface area contributed by atoms with Gasteiger partial charge in [0.2, 0.25) is 0 Å². The highest BCUT2D eigenvalue weighted by molar-refractivity contribution is 5.94. The summed E-state index contributed by atoms with van der Waals surface area (Å²) < 4.78 is 7.74. The molecule has 1 unspecified atom stereocenters. The molecule has 0 fully saturated rings. The van der Waals surface area contributed by atoms with Crippen LogP contribution in [0.1, 0.15) is 36.5 Å². The van der Waals surface area contributed by atoms with E-state index < -0.39 is 6.10 Å². The molecule has 0 amide bonds. The topological polar surface area (TPSA) is 64.3 Å². The SMILES string of the molecule is CCCc1nc2ccccc2n1CC(O)COc1ccc(C(C)=O)cc1. The number of hydrogen-bond acceptors (Lipinski definition) is 4. The Morgan fingerprint density at radius 3 is 2.62 bits per heavy atom. The Kier molecular flexibility index (Phi) is 5.68. The van der Waals surface area contributed by atoms with Crippen molar-refractivity contribution in [3.63, 3.8) is 0 Å². The van der Waals surface area contributed by atoms with Crippen LogP contribution in [0, 0.1) is 0 Å². The molecule has 1 N–H and O–H groups in total. The van der Waals surface area contributed by atoms with E-state index in [1.807, 2.05) is 24.3 Å². The van der Waals surface area contributed by atoms with Gasteiger partial charge in [-0.25, -0.2) is 4.98 Å². The minimum Gasteiger partial charge on any atom is -0.491 e. The Morgan fingerprint density at radius 1 is 1.19 bits per heavy atom. The number of carbonyl (C=O) groups excluding carboxylic acids is 1. The van der Waals surface area contributed by atoms with Crippen molar-refractivity contribution in [2.75, 3.05) is 6.61 Å². The molecule has 3 aromatic rings. The van der Waals surface area contributed by atoms with E-state index in [-0.39, 0.29) is 12.4 Å². The summed E-state index contributed by atoms with van der Waals surface area (Å²) in [4.78, 5) is 16.0. The fourth-order valence-electron chi connectivity index (χ4n) is 2.99. The molecule has 0 aliphatic rings. The number of nitrogens with zero attached hydrogens (tertiary/aromatic N) is 2. The zero-order valence-electron chi connectivity index (χ0n) is 15.2. The van der Waals surface area contributed by atoms with Crippen molar-refractivity contribution in [1.82, 2.24) is 9.55 Å². The number of aromatic nitrogens is 2. The molecule has 0 bridgehead atoms. The monoisotopic (exact) mass is 352 g/mol. The first-order valence-electron chi connectivity index (χ1n) is 8.94. The van der Waals surface area contributed by atoms with E-state index in [1.54, 1.807) is 24.3 Å². The second-order valence-corrected chi connectivity index (χ2v) is 6.42. The average molecular weight is 352 g/mol. The second-order valence-electron chi connectivity index (χ2n) is 6.42. The second kappa shape index (κ2) is 8.15. The van der Waals surface area contributed by atoms with Crippen LogP contribution in [0.5, 0.6) is 5.75 Å². The van der Waals surface area contributed by atoms with Crippen LogP contribution in [0.2, 0.25) is 0 Å². The highest BCUT2D eigenvalue weighted by atomic mass is 16.5. The Morgan fingerprint density at radius 2 is 1.92 bits per heavy atom. The van der Waals surface area contributed by atoms with Crippen LogP contribution < -0.4 is 4.74 Å². The number of aryl methyl sites for hydroxylation is 1. The standard InChI is InChI=1S/C21H24N2O3/c1-3-6-21-22-19-7-4-5-8-20(19)23(21)13-17(25)14-26-18-11-9-16(10-12-18)15(2)24/h4-5,7-12,17,25H,3,6,13-14H2,1-2H3. The largest absolute Gasteiger partial charge is 0.491 e. The van der Waals surface area contributed by atoms with E-state index in [0.29, 0.717) is 17.9 Å². The van der Waals surface area contributed by atoms with Crippen LogP contribution in [0.25, 0.3) is 11.0 Å². The Hall–Kier alpha value is -2.66. The number of imidazole rings is 1. The van der Waals surface area contributed by atoms with Gasteiger partial charge < -0.3 is 14.4 Å². The molecule has 0 aliphatic heterocycles. The zero-order chi connectivity index (χ0) is 18.5. The molecule has 0 saturated carbocycles. The minimum absolute atomic E-state index is 0.0204. The van der Waals surface area contributed by atoms with E-state index in [4.69, 9.17) is 4.74 Å². The van der Waals surface area contributed by atoms with Crippen LogP contribution in [-0.2, 0) is 13.0 Å². The van der Waals surface area contributed by atoms with Gasteiger partial charge in [-0.15, -0.1) is 0 Å². The molecule has 2 aromatic carbocycles. The zero-order valence-corrected chi connectivity index (χ0v) is 15.2. The van der Waals surface area contributed by atoms with E-state index in [2.05, 4.69) is 16.5 Å². The number of Topliss-reactive ketones (excluding diaryl/α,β-unsaturated/α-hetero) is 1. The van der Waals surface area contributed by atoms with Crippen molar-refractivity contribution in [3.05, 3.63) is 59.9 Å². The Bertz CT molecular complexity index is 884. The van der Waals surface area contributed by atoms with Crippen molar-refractivity contribution >= 4 is 16.8 Å². The molecule has 26 heavy (non-hydrogen) atoms. The molecule has 5 nitrogen and oxygen atoms in total. The normalized spacial score (nSPS) is 12.3. The number of ether oxygens (including phenoxy) is 1. The van der Waals surface area contributed by atoms with E-state index in [0.717, 1.165) is 29.7 Å². The van der Waals surface area contributed by atoms with Crippen LogP contribution in [0.4, 0.5) is 0 Å². The first-order chi connectivity index (χ1) is 12.6. The molecule has 0 aliphatic carbocycles. The summed E-state index contributed by atoms with van der Waals surface area (Å²) in [6, 6.07) is 14.9. The van der Waals surface area contributed by atoms with Gasteiger partial charge in [-0.2, -0.15) is 0 Å². The van der Waals surface area contributed by atoms with Gasteiger partial charge >= 0.3 is 0 Å². The molecule has 0 spiro atoms. The van der Waals surface area contributed by atoms with Gasteiger partial charge in [0.1, 0.15) is 24.3 Å². The summed E-state index contributed by atoms with van der Waals surface area (Å²) in [7, 11) is 0. The van der Waals surface area contributed by atoms with Gasteiger partial charge in [0.25, 0.3) is 0 Å². The lowest BCUT2D eigenvalue weighted by molar-refractivity contribution is 0.0926. The predicted molar refractivity (Wildman–Crippen MR) is 102 cm³/mol. The van der Waals surface area contributed by atoms with Gasteiger partial charge in [-0.3, -0.25) is 4.79 Å². The summed E-state index contributed by atoms with van der Waals surface area (Å²) >= 11 is 0. The third kappa shape index (κ3) is 4.11. The molecule has 0 saturated heterocycles. The maximum Gasteiger partial charge on any atom is 0.159 e. The number of benzene rings is 2. The van der Waals surface area contributed by atoms with Crippen LogP contribution >= 0.6 is 0 Å². The van der Waals surface area contributed by atoms with Crippen molar-refractivity contribution in [1.29, 1.82) is 0 Å². The maximum atomic E-state index is 11.3. The molecular formula is C21H24N2O3. The van der Waals surface area contributed by atoms with Crippen LogP contribution in [-0.4, -0.2) is 33.2 Å². The van der Waals surface area contributed by atoms with Gasteiger partial charge in [0.15, 0.2) is 5.78 Å². The van der Waals surface area contributed by atoms with Gasteiger partial charge in [0, 0.05) is 12.0 Å². The minimum atomic E-state index is -0.657. The van der Waals surface area contributed by atoms with Crippen molar-refractivity contribution < 1.29 is 14.6 Å². The number of ketones is 1. The molecule has 5 heteroatoms. The first-order valence-corrected chi connectivity index (χ1v) is 8.94. The van der Waals surface area contributed by atoms with Gasteiger partial charge in [-0.1, -0.05) is 19.1 Å². The summed E-state index contributed by atoms with van der Waals surface area (Å²) in [5, 5.41) is 10.4. The Labute approximate surface area is 153 Å². The third-order valence-electron chi connectivity index (χ3n) is 4.30. The molecular weight excluding hydrogens is 328 g/mol. The van der Waals surface area contributed by atoms with E-state index >= 15 is 0 Å². The number of aliphatic hydroxyl groups excluding tert-OH is 1. The number of hydrogen-bond donors (Lipinski definition) is 1. The van der Waals surface area contributed by atoms with Crippen LogP contribution in [0.3, 0.4) is 0 Å². The molecule has 3 rings (SSSR count). The lowest BCUT2D eigenvalue weighted by atomic mass is 10.1. The quantitative estimate of drug-likeness (QED) is 0.629. The first kappa shape index (κ1) is 18.1. The predicted octanol–water partition coefficient (Wildman–Crippen LogP) is 3.63. The number of aliphatic hydroxyl groups is 1. The number of carbonyl (C=O) groups is 1. The fourth-order valence-corrected chi connectivity index (χ4v) is 2.99. The summed E-state index contributed by atoms with van der Waals surface area (Å²) in [6.07, 6.45) is 1.21.